The average Bonchev–Trinajstić information content (AvgIpc) is 2.23. The Bertz CT molecular complexity index is 437. The summed E-state index contributed by atoms with van der Waals surface area (Å²) in [5.41, 5.74) is 3.74. The SMILES string of the molecule is Cc1cnc(I)cc1-c1ccccc1. The molecule has 0 saturated heterocycles. The van der Waals surface area contributed by atoms with Crippen molar-refractivity contribution in [3.8, 4) is 11.1 Å². The molecule has 0 saturated carbocycles. The third-order valence-electron chi connectivity index (χ3n) is 2.15. The number of aryl methyl sites for hydroxylation is 1. The largest absolute Gasteiger partial charge is 0.250 e. The highest BCUT2D eigenvalue weighted by Crippen LogP contribution is 2.23. The standard InChI is InChI=1S/C12H10IN/c1-9-8-14-12(13)7-11(9)10-5-3-2-4-6-10/h2-8H,1H3. The Kier molecular flexibility index (Phi) is 2.82. The Morgan fingerprint density at radius 3 is 2.57 bits per heavy atom. The highest BCUT2D eigenvalue weighted by atomic mass is 127. The molecular weight excluding hydrogens is 285 g/mol. The van der Waals surface area contributed by atoms with E-state index >= 15 is 0 Å². The molecule has 1 aromatic carbocycles. The van der Waals surface area contributed by atoms with Gasteiger partial charge in [0.15, 0.2) is 0 Å². The number of hydrogen-bond acceptors (Lipinski definition) is 1. The summed E-state index contributed by atoms with van der Waals surface area (Å²) in [7, 11) is 0. The molecule has 70 valence electrons. The van der Waals surface area contributed by atoms with E-state index in [0.717, 1.165) is 3.70 Å². The van der Waals surface area contributed by atoms with E-state index in [2.05, 4.69) is 64.8 Å². The van der Waals surface area contributed by atoms with Crippen molar-refractivity contribution in [2.24, 2.45) is 0 Å². The summed E-state index contributed by atoms with van der Waals surface area (Å²) < 4.78 is 1.03. The second-order valence-electron chi connectivity index (χ2n) is 3.19. The summed E-state index contributed by atoms with van der Waals surface area (Å²) in [6.07, 6.45) is 1.92. The van der Waals surface area contributed by atoms with Crippen LogP contribution in [0, 0.1) is 10.6 Å². The average molecular weight is 295 g/mol. The highest BCUT2D eigenvalue weighted by Gasteiger charge is 2.01. The lowest BCUT2D eigenvalue weighted by Crippen LogP contribution is -1.87. The zero-order chi connectivity index (χ0) is 9.97. The van der Waals surface area contributed by atoms with Crippen LogP contribution in [0.5, 0.6) is 0 Å². The van der Waals surface area contributed by atoms with Gasteiger partial charge in [0.25, 0.3) is 0 Å². The zero-order valence-corrected chi connectivity index (χ0v) is 10.0. The molecule has 0 spiro atoms. The van der Waals surface area contributed by atoms with E-state index in [9.17, 15) is 0 Å². The molecule has 1 nitrogen and oxygen atoms in total. The highest BCUT2D eigenvalue weighted by molar-refractivity contribution is 14.1. The molecule has 0 aliphatic carbocycles. The van der Waals surface area contributed by atoms with Crippen molar-refractivity contribution in [3.05, 3.63) is 51.9 Å². The van der Waals surface area contributed by atoms with Crippen molar-refractivity contribution in [1.82, 2.24) is 4.98 Å². The Hall–Kier alpha value is -0.900. The van der Waals surface area contributed by atoms with Gasteiger partial charge in [-0.3, -0.25) is 4.98 Å². The molecule has 0 amide bonds. The van der Waals surface area contributed by atoms with Crippen LogP contribution in [0.25, 0.3) is 11.1 Å². The van der Waals surface area contributed by atoms with Crippen molar-refractivity contribution in [3.63, 3.8) is 0 Å². The van der Waals surface area contributed by atoms with E-state index in [-0.39, 0.29) is 0 Å². The molecule has 0 radical (unpaired) electrons. The van der Waals surface area contributed by atoms with Gasteiger partial charge < -0.3 is 0 Å². The van der Waals surface area contributed by atoms with Gasteiger partial charge in [-0.05, 0) is 52.3 Å². The lowest BCUT2D eigenvalue weighted by atomic mass is 10.0. The summed E-state index contributed by atoms with van der Waals surface area (Å²) in [5.74, 6) is 0. The van der Waals surface area contributed by atoms with Gasteiger partial charge in [0.1, 0.15) is 3.70 Å². The maximum atomic E-state index is 4.25. The third kappa shape index (κ3) is 1.95. The number of halogens is 1. The maximum absolute atomic E-state index is 4.25. The predicted octanol–water partition coefficient (Wildman–Crippen LogP) is 3.66. The molecule has 2 rings (SSSR count). The summed E-state index contributed by atoms with van der Waals surface area (Å²) in [4.78, 5) is 4.25. The van der Waals surface area contributed by atoms with Gasteiger partial charge in [-0.2, -0.15) is 0 Å². The monoisotopic (exact) mass is 295 g/mol. The molecule has 0 aliphatic rings. The van der Waals surface area contributed by atoms with Crippen LogP contribution < -0.4 is 0 Å². The van der Waals surface area contributed by atoms with Crippen LogP contribution in [0.15, 0.2) is 42.6 Å². The molecule has 0 unspecified atom stereocenters. The van der Waals surface area contributed by atoms with Crippen molar-refractivity contribution >= 4 is 22.6 Å². The topological polar surface area (TPSA) is 12.9 Å². The van der Waals surface area contributed by atoms with E-state index in [1.807, 2.05) is 12.3 Å². The number of aromatic nitrogens is 1. The zero-order valence-electron chi connectivity index (χ0n) is 7.87. The second kappa shape index (κ2) is 4.09. The van der Waals surface area contributed by atoms with Gasteiger partial charge in [0.05, 0.1) is 0 Å². The van der Waals surface area contributed by atoms with Gasteiger partial charge in [0, 0.05) is 6.20 Å². The van der Waals surface area contributed by atoms with Gasteiger partial charge >= 0.3 is 0 Å². The van der Waals surface area contributed by atoms with Crippen LogP contribution >= 0.6 is 22.6 Å². The maximum Gasteiger partial charge on any atom is 0.101 e. The molecule has 1 aromatic heterocycles. The predicted molar refractivity (Wildman–Crippen MR) is 67.1 cm³/mol. The number of hydrogen-bond donors (Lipinski definition) is 0. The second-order valence-corrected chi connectivity index (χ2v) is 4.29. The van der Waals surface area contributed by atoms with E-state index in [1.165, 1.54) is 16.7 Å². The van der Waals surface area contributed by atoms with Gasteiger partial charge in [-0.1, -0.05) is 30.3 Å². The fourth-order valence-electron chi connectivity index (χ4n) is 1.43. The van der Waals surface area contributed by atoms with Crippen LogP contribution in [-0.4, -0.2) is 4.98 Å². The van der Waals surface area contributed by atoms with Crippen molar-refractivity contribution < 1.29 is 0 Å². The molecule has 0 atom stereocenters. The molecule has 2 aromatic rings. The number of rotatable bonds is 1. The normalized spacial score (nSPS) is 10.1. The number of pyridine rings is 1. The Balaban J connectivity index is 2.57. The molecule has 0 bridgehead atoms. The summed E-state index contributed by atoms with van der Waals surface area (Å²) in [6.45, 7) is 2.09. The van der Waals surface area contributed by atoms with E-state index in [1.54, 1.807) is 0 Å². The van der Waals surface area contributed by atoms with Crippen LogP contribution in [0.1, 0.15) is 5.56 Å². The molecule has 14 heavy (non-hydrogen) atoms. The first-order valence-corrected chi connectivity index (χ1v) is 5.53. The minimum Gasteiger partial charge on any atom is -0.250 e. The molecule has 2 heteroatoms. The Morgan fingerprint density at radius 2 is 1.86 bits per heavy atom. The van der Waals surface area contributed by atoms with Gasteiger partial charge in [0.2, 0.25) is 0 Å². The molecule has 0 aliphatic heterocycles. The molecule has 0 fully saturated rings. The first-order valence-electron chi connectivity index (χ1n) is 4.45. The molecular formula is C12H10IN. The Morgan fingerprint density at radius 1 is 1.14 bits per heavy atom. The van der Waals surface area contributed by atoms with Gasteiger partial charge in [-0.15, -0.1) is 0 Å². The van der Waals surface area contributed by atoms with Gasteiger partial charge in [-0.25, -0.2) is 0 Å². The van der Waals surface area contributed by atoms with Crippen LogP contribution in [0.3, 0.4) is 0 Å². The minimum absolute atomic E-state index is 1.03. The van der Waals surface area contributed by atoms with E-state index in [0.29, 0.717) is 0 Å². The smallest absolute Gasteiger partial charge is 0.101 e. The van der Waals surface area contributed by atoms with Crippen molar-refractivity contribution in [2.45, 2.75) is 6.92 Å². The van der Waals surface area contributed by atoms with Crippen molar-refractivity contribution in [1.29, 1.82) is 0 Å². The van der Waals surface area contributed by atoms with E-state index in [4.69, 9.17) is 0 Å². The minimum atomic E-state index is 1.03. The van der Waals surface area contributed by atoms with Crippen LogP contribution in [0.2, 0.25) is 0 Å². The lowest BCUT2D eigenvalue weighted by Gasteiger charge is -2.05. The van der Waals surface area contributed by atoms with Crippen LogP contribution in [0.4, 0.5) is 0 Å². The quantitative estimate of drug-likeness (QED) is 0.578. The molecule has 0 N–H and O–H groups in total. The summed E-state index contributed by atoms with van der Waals surface area (Å²) >= 11 is 2.24. The fraction of sp³-hybridized carbons (Fsp3) is 0.0833. The summed E-state index contributed by atoms with van der Waals surface area (Å²) in [5, 5.41) is 0. The lowest BCUT2D eigenvalue weighted by molar-refractivity contribution is 1.23. The van der Waals surface area contributed by atoms with E-state index < -0.39 is 0 Å². The van der Waals surface area contributed by atoms with Crippen molar-refractivity contribution in [2.75, 3.05) is 0 Å². The molecule has 1 heterocycles. The first kappa shape index (κ1) is 9.65. The first-order chi connectivity index (χ1) is 6.77. The summed E-state index contributed by atoms with van der Waals surface area (Å²) in [6, 6.07) is 12.5. The number of benzene rings is 1. The third-order valence-corrected chi connectivity index (χ3v) is 2.74. The Labute approximate surface area is 97.3 Å². The van der Waals surface area contributed by atoms with Crippen LogP contribution in [-0.2, 0) is 0 Å². The fourth-order valence-corrected chi connectivity index (χ4v) is 1.88. The number of nitrogens with zero attached hydrogens (tertiary/aromatic N) is 1.